The average Bonchev–Trinajstić information content (AvgIpc) is 3.04. The maximum Gasteiger partial charge on any atom is 0.234 e. The molecule has 1 aliphatic rings. The molecule has 0 spiro atoms. The lowest BCUT2D eigenvalue weighted by atomic mass is 10.1. The second-order valence-corrected chi connectivity index (χ2v) is 6.98. The molecule has 2 aromatic rings. The number of amides is 1. The molecule has 2 heterocycles. The van der Waals surface area contributed by atoms with E-state index < -0.39 is 17.7 Å². The van der Waals surface area contributed by atoms with E-state index in [-0.39, 0.29) is 18.2 Å². The molecule has 27 heavy (non-hydrogen) atoms. The number of nitrogens with one attached hydrogen (secondary N) is 1. The monoisotopic (exact) mass is 391 g/mol. The van der Waals surface area contributed by atoms with Crippen molar-refractivity contribution in [3.63, 3.8) is 0 Å². The van der Waals surface area contributed by atoms with E-state index in [1.54, 1.807) is 4.57 Å². The molecule has 1 atom stereocenters. The molecule has 0 aliphatic carbocycles. The van der Waals surface area contributed by atoms with Gasteiger partial charge in [0.1, 0.15) is 11.7 Å². The fourth-order valence-electron chi connectivity index (χ4n) is 2.66. The third kappa shape index (κ3) is 4.60. The van der Waals surface area contributed by atoms with Gasteiger partial charge in [-0.2, -0.15) is 4.39 Å². The molecule has 1 N–H and O–H groups in total. The Balaban J connectivity index is 1.65. The number of hydrogen-bond acceptors (Lipinski definition) is 5. The summed E-state index contributed by atoms with van der Waals surface area (Å²) in [5.74, 6) is -1.86. The summed E-state index contributed by atoms with van der Waals surface area (Å²) < 4.78 is 28.9. The zero-order valence-electron chi connectivity index (χ0n) is 14.9. The van der Waals surface area contributed by atoms with Gasteiger partial charge in [-0.3, -0.25) is 9.79 Å². The van der Waals surface area contributed by atoms with E-state index in [1.165, 1.54) is 11.8 Å². The van der Waals surface area contributed by atoms with Crippen LogP contribution in [0.4, 0.5) is 14.5 Å². The average molecular weight is 391 g/mol. The first-order valence-corrected chi connectivity index (χ1v) is 9.46. The van der Waals surface area contributed by atoms with Crippen LogP contribution in [-0.2, 0) is 11.3 Å². The van der Waals surface area contributed by atoms with Crippen LogP contribution in [0, 0.1) is 6.92 Å². The van der Waals surface area contributed by atoms with E-state index in [0.29, 0.717) is 17.5 Å². The highest BCUT2D eigenvalue weighted by molar-refractivity contribution is 7.99. The molecule has 6 nitrogen and oxygen atoms in total. The summed E-state index contributed by atoms with van der Waals surface area (Å²) in [7, 11) is 0. The number of rotatable bonds is 6. The van der Waals surface area contributed by atoms with E-state index in [4.69, 9.17) is 0 Å². The maximum atomic E-state index is 14.1. The molecule has 0 saturated heterocycles. The minimum Gasteiger partial charge on any atom is -0.325 e. The number of nitrogens with zero attached hydrogens (tertiary/aromatic N) is 4. The van der Waals surface area contributed by atoms with Crippen LogP contribution in [-0.4, -0.2) is 38.9 Å². The predicted molar refractivity (Wildman–Crippen MR) is 102 cm³/mol. The minimum absolute atomic E-state index is 0.0507. The van der Waals surface area contributed by atoms with Crippen molar-refractivity contribution in [2.45, 2.75) is 31.5 Å². The molecule has 0 fully saturated rings. The van der Waals surface area contributed by atoms with Gasteiger partial charge in [0.2, 0.25) is 11.9 Å². The summed E-state index contributed by atoms with van der Waals surface area (Å²) in [6.07, 6.45) is 0.769. The number of allylic oxidation sites excluding steroid dienone is 1. The van der Waals surface area contributed by atoms with E-state index >= 15 is 0 Å². The predicted octanol–water partition coefficient (Wildman–Crippen LogP) is 3.66. The topological polar surface area (TPSA) is 72.2 Å². The molecule has 9 heteroatoms. The number of aryl methyl sites for hydroxylation is 1. The van der Waals surface area contributed by atoms with Gasteiger partial charge in [0.05, 0.1) is 18.2 Å². The number of carbonyl (C=O) groups is 1. The Bertz CT molecular complexity index is 892. The minimum atomic E-state index is -0.825. The van der Waals surface area contributed by atoms with Gasteiger partial charge in [-0.05, 0) is 26.0 Å². The fourth-order valence-corrected chi connectivity index (χ4v) is 3.47. The first kappa shape index (κ1) is 19.2. The summed E-state index contributed by atoms with van der Waals surface area (Å²) in [4.78, 5) is 15.8. The lowest BCUT2D eigenvalue weighted by Crippen LogP contribution is -2.17. The van der Waals surface area contributed by atoms with E-state index in [2.05, 4.69) is 20.5 Å². The third-order valence-electron chi connectivity index (χ3n) is 4.06. The Morgan fingerprint density at radius 1 is 1.30 bits per heavy atom. The summed E-state index contributed by atoms with van der Waals surface area (Å²) in [6, 6.07) is 7.51. The zero-order chi connectivity index (χ0) is 19.4. The second kappa shape index (κ2) is 8.43. The van der Waals surface area contributed by atoms with Crippen molar-refractivity contribution in [1.29, 1.82) is 0 Å². The van der Waals surface area contributed by atoms with Crippen molar-refractivity contribution in [3.8, 4) is 0 Å². The molecule has 0 bridgehead atoms. The summed E-state index contributed by atoms with van der Waals surface area (Å²) in [6.45, 7) is 4.29. The van der Waals surface area contributed by atoms with Gasteiger partial charge in [0.15, 0.2) is 5.16 Å². The largest absolute Gasteiger partial charge is 0.325 e. The molecule has 0 saturated carbocycles. The van der Waals surface area contributed by atoms with Crippen LogP contribution in [0.2, 0.25) is 0 Å². The SMILES string of the molecule is CCn1c(SCC(=O)Nc2ccc(C)cc2)nnc1C1CN=C(F)C=C1F. The van der Waals surface area contributed by atoms with Crippen LogP contribution in [0.3, 0.4) is 0 Å². The number of benzene rings is 1. The normalized spacial score (nSPS) is 16.7. The van der Waals surface area contributed by atoms with E-state index in [1.807, 2.05) is 38.1 Å². The van der Waals surface area contributed by atoms with Crippen molar-refractivity contribution in [3.05, 3.63) is 47.6 Å². The van der Waals surface area contributed by atoms with Gasteiger partial charge in [-0.25, -0.2) is 4.39 Å². The van der Waals surface area contributed by atoms with Gasteiger partial charge in [0.25, 0.3) is 0 Å². The van der Waals surface area contributed by atoms with Gasteiger partial charge in [-0.15, -0.1) is 10.2 Å². The molecule has 0 radical (unpaired) electrons. The number of anilines is 1. The van der Waals surface area contributed by atoms with Gasteiger partial charge >= 0.3 is 0 Å². The number of aliphatic imine (C=N–C) groups is 1. The first-order valence-electron chi connectivity index (χ1n) is 8.47. The van der Waals surface area contributed by atoms with Crippen molar-refractivity contribution in [2.75, 3.05) is 17.6 Å². The molecule has 3 rings (SSSR count). The molecule has 142 valence electrons. The third-order valence-corrected chi connectivity index (χ3v) is 5.02. The number of halogens is 2. The van der Waals surface area contributed by atoms with Gasteiger partial charge in [0, 0.05) is 18.3 Å². The van der Waals surface area contributed by atoms with Crippen molar-refractivity contribution < 1.29 is 13.6 Å². The number of hydrogen-bond donors (Lipinski definition) is 1. The van der Waals surface area contributed by atoms with Crippen LogP contribution in [0.5, 0.6) is 0 Å². The van der Waals surface area contributed by atoms with Crippen LogP contribution in [0.15, 0.2) is 46.3 Å². The number of thioether (sulfide) groups is 1. The Hall–Kier alpha value is -2.55. The molecule has 1 aromatic heterocycles. The molecule has 1 aromatic carbocycles. The zero-order valence-corrected chi connectivity index (χ0v) is 15.8. The fraction of sp³-hybridized carbons (Fsp3) is 0.333. The van der Waals surface area contributed by atoms with Crippen LogP contribution in [0.1, 0.15) is 24.2 Å². The lowest BCUT2D eigenvalue weighted by Gasteiger charge is -2.16. The molecule has 1 aliphatic heterocycles. The number of aromatic nitrogens is 3. The van der Waals surface area contributed by atoms with Crippen LogP contribution >= 0.6 is 11.8 Å². The maximum absolute atomic E-state index is 14.1. The summed E-state index contributed by atoms with van der Waals surface area (Å²) in [5.41, 5.74) is 1.83. The Morgan fingerprint density at radius 3 is 2.70 bits per heavy atom. The highest BCUT2D eigenvalue weighted by Gasteiger charge is 2.27. The Labute approximate surface area is 159 Å². The quantitative estimate of drug-likeness (QED) is 0.763. The molecule has 1 amide bonds. The smallest absolute Gasteiger partial charge is 0.234 e. The molecule has 1 unspecified atom stereocenters. The van der Waals surface area contributed by atoms with E-state index in [9.17, 15) is 13.6 Å². The summed E-state index contributed by atoms with van der Waals surface area (Å²) >= 11 is 1.21. The Kier molecular flexibility index (Phi) is 6.00. The molecular weight excluding hydrogens is 372 g/mol. The van der Waals surface area contributed by atoms with Gasteiger partial charge < -0.3 is 9.88 Å². The Morgan fingerprint density at radius 2 is 2.04 bits per heavy atom. The highest BCUT2D eigenvalue weighted by Crippen LogP contribution is 2.30. The van der Waals surface area contributed by atoms with Crippen LogP contribution < -0.4 is 5.32 Å². The number of dihydropyridines is 1. The van der Waals surface area contributed by atoms with Crippen molar-refractivity contribution >= 4 is 29.3 Å². The standard InChI is InChI=1S/C18H19F2N5OS/c1-3-25-17(13-9-21-15(20)8-14(13)19)23-24-18(25)27-10-16(26)22-12-6-4-11(2)5-7-12/h4-8,13H,3,9-10H2,1-2H3,(H,22,26). The first-order chi connectivity index (χ1) is 13.0. The van der Waals surface area contributed by atoms with Crippen molar-refractivity contribution in [2.24, 2.45) is 4.99 Å². The van der Waals surface area contributed by atoms with Crippen LogP contribution in [0.25, 0.3) is 0 Å². The van der Waals surface area contributed by atoms with Crippen molar-refractivity contribution in [1.82, 2.24) is 14.8 Å². The van der Waals surface area contributed by atoms with E-state index in [0.717, 1.165) is 17.3 Å². The second-order valence-electron chi connectivity index (χ2n) is 6.03. The number of carbonyl (C=O) groups excluding carboxylic acids is 1. The molecular formula is C18H19F2N5OS. The van der Waals surface area contributed by atoms with Gasteiger partial charge in [-0.1, -0.05) is 29.5 Å². The highest BCUT2D eigenvalue weighted by atomic mass is 32.2. The lowest BCUT2D eigenvalue weighted by molar-refractivity contribution is -0.113. The summed E-state index contributed by atoms with van der Waals surface area (Å²) in [5, 5.41) is 11.4.